The minimum atomic E-state index is -1.33. The second kappa shape index (κ2) is 7.03. The third kappa shape index (κ3) is 2.92. The van der Waals surface area contributed by atoms with Gasteiger partial charge in [0.25, 0.3) is 5.91 Å². The smallest absolute Gasteiger partial charge is 0.312 e. The number of nitrogens with zero attached hydrogens (tertiary/aromatic N) is 2. The Hall–Kier alpha value is -3.87. The van der Waals surface area contributed by atoms with Crippen LogP contribution in [0.5, 0.6) is 0 Å². The van der Waals surface area contributed by atoms with E-state index >= 15 is 0 Å². The molecule has 0 atom stereocenters. The van der Waals surface area contributed by atoms with Crippen LogP contribution in [0.2, 0.25) is 0 Å². The molecular weight excluding hydrogens is 366 g/mol. The number of halogens is 2. The molecule has 0 radical (unpaired) electrons. The maximum Gasteiger partial charge on any atom is 0.371 e. The summed E-state index contributed by atoms with van der Waals surface area (Å²) in [6, 6.07) is 18.7. The van der Waals surface area contributed by atoms with Gasteiger partial charge in [0.2, 0.25) is 0 Å². The molecule has 0 saturated heterocycles. The van der Waals surface area contributed by atoms with Gasteiger partial charge >= 0.3 is 5.97 Å². The third-order valence-corrected chi connectivity index (χ3v) is 4.21. The van der Waals surface area contributed by atoms with E-state index in [2.05, 4.69) is 5.16 Å². The molecule has 3 aromatic carbocycles. The van der Waals surface area contributed by atoms with Gasteiger partial charge in [0.15, 0.2) is 5.71 Å². The Morgan fingerprint density at radius 1 is 0.857 bits per heavy atom. The molecule has 1 aliphatic rings. The van der Waals surface area contributed by atoms with Gasteiger partial charge in [-0.05, 0) is 30.3 Å². The molecule has 1 amide bonds. The molecule has 1 heterocycles. The van der Waals surface area contributed by atoms with Crippen LogP contribution in [0.25, 0.3) is 0 Å². The zero-order valence-corrected chi connectivity index (χ0v) is 14.3. The van der Waals surface area contributed by atoms with Gasteiger partial charge in [-0.3, -0.25) is 9.69 Å². The fourth-order valence-electron chi connectivity index (χ4n) is 2.95. The van der Waals surface area contributed by atoms with Gasteiger partial charge in [-0.25, -0.2) is 13.6 Å². The maximum absolute atomic E-state index is 13.7. The monoisotopic (exact) mass is 378 g/mol. The van der Waals surface area contributed by atoms with Gasteiger partial charge in [-0.2, -0.15) is 0 Å². The van der Waals surface area contributed by atoms with E-state index in [0.29, 0.717) is 16.9 Å². The highest BCUT2D eigenvalue weighted by Crippen LogP contribution is 2.35. The quantitative estimate of drug-likeness (QED) is 0.507. The predicted octanol–water partition coefficient (Wildman–Crippen LogP) is 4.20. The number of carbonyl (C=O) groups excluding carboxylic acids is 2. The molecule has 0 fully saturated rings. The second-order valence-corrected chi connectivity index (χ2v) is 5.91. The highest BCUT2D eigenvalue weighted by molar-refractivity contribution is 6.55. The van der Waals surface area contributed by atoms with E-state index < -0.39 is 29.1 Å². The topological polar surface area (TPSA) is 59.0 Å². The largest absolute Gasteiger partial charge is 0.371 e. The lowest BCUT2D eigenvalue weighted by molar-refractivity contribution is -0.111. The summed E-state index contributed by atoms with van der Waals surface area (Å²) in [6.45, 7) is 0. The van der Waals surface area contributed by atoms with Crippen LogP contribution in [0.3, 0.4) is 0 Å². The lowest BCUT2D eigenvalue weighted by Gasteiger charge is -2.16. The standard InChI is InChI=1S/C21H12F2N2O3/c22-15-10-6-11-16(23)18(15)21(27)28-24-19-14-9-4-5-12-17(14)25(20(19)26)13-7-2-1-3-8-13/h1-12H/b24-19-. The van der Waals surface area contributed by atoms with Crippen molar-refractivity contribution in [3.05, 3.63) is 95.6 Å². The Balaban J connectivity index is 1.70. The molecule has 28 heavy (non-hydrogen) atoms. The Kier molecular flexibility index (Phi) is 4.41. The zero-order valence-electron chi connectivity index (χ0n) is 14.3. The molecule has 0 spiro atoms. The van der Waals surface area contributed by atoms with Crippen molar-refractivity contribution < 1.29 is 23.2 Å². The average molecular weight is 378 g/mol. The average Bonchev–Trinajstić information content (AvgIpc) is 2.98. The molecule has 3 aromatic rings. The van der Waals surface area contributed by atoms with Crippen molar-refractivity contribution in [1.29, 1.82) is 0 Å². The Morgan fingerprint density at radius 2 is 1.50 bits per heavy atom. The molecule has 4 rings (SSSR count). The van der Waals surface area contributed by atoms with Crippen molar-refractivity contribution in [2.24, 2.45) is 5.16 Å². The number of anilines is 2. The summed E-state index contributed by atoms with van der Waals surface area (Å²) in [5.74, 6) is -4.00. The zero-order chi connectivity index (χ0) is 19.7. The molecule has 0 unspecified atom stereocenters. The first-order valence-corrected chi connectivity index (χ1v) is 8.30. The van der Waals surface area contributed by atoms with Gasteiger partial charge in [0.1, 0.15) is 17.2 Å². The number of para-hydroxylation sites is 2. The van der Waals surface area contributed by atoms with Gasteiger partial charge in [0.05, 0.1) is 5.69 Å². The molecule has 138 valence electrons. The first-order chi connectivity index (χ1) is 13.6. The molecule has 0 N–H and O–H groups in total. The minimum Gasteiger partial charge on any atom is -0.312 e. The van der Waals surface area contributed by atoms with Crippen LogP contribution < -0.4 is 4.90 Å². The lowest BCUT2D eigenvalue weighted by Crippen LogP contribution is -2.25. The number of amides is 1. The van der Waals surface area contributed by atoms with E-state index in [9.17, 15) is 18.4 Å². The summed E-state index contributed by atoms with van der Waals surface area (Å²) in [4.78, 5) is 31.1. The summed E-state index contributed by atoms with van der Waals surface area (Å²) in [7, 11) is 0. The van der Waals surface area contributed by atoms with Gasteiger partial charge < -0.3 is 4.84 Å². The van der Waals surface area contributed by atoms with Gasteiger partial charge in [-0.15, -0.1) is 0 Å². The summed E-state index contributed by atoms with van der Waals surface area (Å²) in [5, 5.41) is 3.62. The number of hydrogen-bond donors (Lipinski definition) is 0. The van der Waals surface area contributed by atoms with Crippen molar-refractivity contribution >= 4 is 29.0 Å². The maximum atomic E-state index is 13.7. The number of oxime groups is 1. The van der Waals surface area contributed by atoms with E-state index in [4.69, 9.17) is 4.84 Å². The van der Waals surface area contributed by atoms with Crippen LogP contribution in [0.1, 0.15) is 15.9 Å². The van der Waals surface area contributed by atoms with Crippen LogP contribution in [0.4, 0.5) is 20.2 Å². The van der Waals surface area contributed by atoms with E-state index in [1.54, 1.807) is 48.5 Å². The molecule has 0 saturated carbocycles. The Labute approximate surface area is 158 Å². The molecular formula is C21H12F2N2O3. The SMILES string of the molecule is O=C(O/N=C1\C(=O)N(c2ccccc2)c2ccccc21)c1c(F)cccc1F. The number of benzene rings is 3. The highest BCUT2D eigenvalue weighted by Gasteiger charge is 2.35. The van der Waals surface area contributed by atoms with Gasteiger partial charge in [0, 0.05) is 11.3 Å². The van der Waals surface area contributed by atoms with Crippen LogP contribution in [-0.2, 0) is 9.63 Å². The summed E-state index contributed by atoms with van der Waals surface area (Å²) in [5.41, 5.74) is 0.607. The first-order valence-electron chi connectivity index (χ1n) is 8.30. The molecule has 0 aliphatic carbocycles. The summed E-state index contributed by atoms with van der Waals surface area (Å²) in [6.07, 6.45) is 0. The van der Waals surface area contributed by atoms with Crippen molar-refractivity contribution in [3.63, 3.8) is 0 Å². The Bertz CT molecular complexity index is 1090. The van der Waals surface area contributed by atoms with Crippen LogP contribution in [-0.4, -0.2) is 17.6 Å². The van der Waals surface area contributed by atoms with E-state index in [1.807, 2.05) is 6.07 Å². The van der Waals surface area contributed by atoms with Crippen molar-refractivity contribution in [3.8, 4) is 0 Å². The number of carbonyl (C=O) groups is 2. The molecule has 0 aromatic heterocycles. The van der Waals surface area contributed by atoms with Crippen molar-refractivity contribution in [1.82, 2.24) is 0 Å². The summed E-state index contributed by atoms with van der Waals surface area (Å²) >= 11 is 0. The van der Waals surface area contributed by atoms with Crippen molar-refractivity contribution in [2.75, 3.05) is 4.90 Å². The fraction of sp³-hybridized carbons (Fsp3) is 0. The minimum absolute atomic E-state index is 0.135. The van der Waals surface area contributed by atoms with E-state index in [1.165, 1.54) is 4.90 Å². The highest BCUT2D eigenvalue weighted by atomic mass is 19.1. The lowest BCUT2D eigenvalue weighted by atomic mass is 10.1. The fourth-order valence-corrected chi connectivity index (χ4v) is 2.95. The Morgan fingerprint density at radius 3 is 2.21 bits per heavy atom. The third-order valence-electron chi connectivity index (χ3n) is 4.21. The molecule has 5 nitrogen and oxygen atoms in total. The summed E-state index contributed by atoms with van der Waals surface area (Å²) < 4.78 is 27.5. The van der Waals surface area contributed by atoms with Crippen LogP contribution in [0.15, 0.2) is 78.0 Å². The van der Waals surface area contributed by atoms with Crippen molar-refractivity contribution in [2.45, 2.75) is 0 Å². The first kappa shape index (κ1) is 17.5. The molecule has 0 bridgehead atoms. The molecule has 7 heteroatoms. The molecule has 1 aliphatic heterocycles. The number of rotatable bonds is 3. The van der Waals surface area contributed by atoms with E-state index in [0.717, 1.165) is 18.2 Å². The van der Waals surface area contributed by atoms with Crippen LogP contribution in [0, 0.1) is 11.6 Å². The predicted molar refractivity (Wildman–Crippen MR) is 98.3 cm³/mol. The normalized spacial score (nSPS) is 14.3. The van der Waals surface area contributed by atoms with E-state index in [-0.39, 0.29) is 5.71 Å². The van der Waals surface area contributed by atoms with Crippen LogP contribution >= 0.6 is 0 Å². The number of hydrogen-bond acceptors (Lipinski definition) is 4. The number of fused-ring (bicyclic) bond motifs is 1. The second-order valence-electron chi connectivity index (χ2n) is 5.91. The van der Waals surface area contributed by atoms with Gasteiger partial charge in [-0.1, -0.05) is 47.6 Å².